The first-order valence-corrected chi connectivity index (χ1v) is 12.0. The molecule has 1 aliphatic heterocycles. The van der Waals surface area contributed by atoms with Crippen molar-refractivity contribution in [1.29, 1.82) is 0 Å². The van der Waals surface area contributed by atoms with Crippen LogP contribution in [0.5, 0.6) is 0 Å². The summed E-state index contributed by atoms with van der Waals surface area (Å²) in [4.78, 5) is 15.3. The summed E-state index contributed by atoms with van der Waals surface area (Å²) in [6.45, 7) is 5.06. The lowest BCUT2D eigenvalue weighted by Crippen LogP contribution is -2.48. The quantitative estimate of drug-likeness (QED) is 0.710. The molecule has 0 aliphatic carbocycles. The minimum absolute atomic E-state index is 0.0500. The molecular formula is C20H27N3O3S2. The monoisotopic (exact) mass is 421 g/mol. The first-order valence-electron chi connectivity index (χ1n) is 9.53. The molecule has 2 heterocycles. The molecule has 0 saturated carbocycles. The molecule has 28 heavy (non-hydrogen) atoms. The summed E-state index contributed by atoms with van der Waals surface area (Å²) in [5.41, 5.74) is 1.14. The van der Waals surface area contributed by atoms with Gasteiger partial charge in [0.2, 0.25) is 10.0 Å². The van der Waals surface area contributed by atoms with E-state index >= 15 is 0 Å². The van der Waals surface area contributed by atoms with Gasteiger partial charge in [-0.1, -0.05) is 43.3 Å². The van der Waals surface area contributed by atoms with Crippen LogP contribution in [0, 0.1) is 0 Å². The van der Waals surface area contributed by atoms with Crippen LogP contribution in [0.25, 0.3) is 0 Å². The van der Waals surface area contributed by atoms with Crippen molar-refractivity contribution < 1.29 is 13.2 Å². The Morgan fingerprint density at radius 2 is 1.89 bits per heavy atom. The number of nitrogens with one attached hydrogen (secondary N) is 1. The van der Waals surface area contributed by atoms with E-state index in [9.17, 15) is 13.2 Å². The molecule has 1 amide bonds. The first-order chi connectivity index (χ1) is 13.5. The first kappa shape index (κ1) is 21.0. The highest BCUT2D eigenvalue weighted by Gasteiger charge is 2.27. The van der Waals surface area contributed by atoms with Crippen LogP contribution in [-0.4, -0.2) is 68.6 Å². The molecule has 1 N–H and O–H groups in total. The number of carbonyl (C=O) groups is 1. The average Bonchev–Trinajstić information content (AvgIpc) is 3.26. The van der Waals surface area contributed by atoms with Gasteiger partial charge in [0.1, 0.15) is 0 Å². The average molecular weight is 422 g/mol. The van der Waals surface area contributed by atoms with Crippen molar-refractivity contribution in [1.82, 2.24) is 14.5 Å². The summed E-state index contributed by atoms with van der Waals surface area (Å²) in [5, 5.41) is 5.03. The van der Waals surface area contributed by atoms with Gasteiger partial charge in [0, 0.05) is 39.3 Å². The summed E-state index contributed by atoms with van der Waals surface area (Å²) in [6, 6.07) is 13.6. The Bertz CT molecular complexity index is 848. The maximum absolute atomic E-state index is 13.0. The zero-order chi connectivity index (χ0) is 20.0. The number of amides is 1. The molecule has 1 aromatic carbocycles. The largest absolute Gasteiger partial charge is 0.336 e. The zero-order valence-corrected chi connectivity index (χ0v) is 17.7. The summed E-state index contributed by atoms with van der Waals surface area (Å²) in [7, 11) is -3.38. The number of benzene rings is 1. The molecule has 1 saturated heterocycles. The molecule has 3 rings (SSSR count). The van der Waals surface area contributed by atoms with E-state index in [1.807, 2.05) is 41.8 Å². The molecule has 152 valence electrons. The fourth-order valence-corrected chi connectivity index (χ4v) is 5.47. The Morgan fingerprint density at radius 3 is 2.54 bits per heavy atom. The highest BCUT2D eigenvalue weighted by molar-refractivity contribution is 7.89. The number of piperazine rings is 1. The second kappa shape index (κ2) is 9.65. The van der Waals surface area contributed by atoms with Gasteiger partial charge in [0.15, 0.2) is 0 Å². The van der Waals surface area contributed by atoms with Crippen LogP contribution in [0.2, 0.25) is 0 Å². The van der Waals surface area contributed by atoms with E-state index in [2.05, 4.69) is 12.2 Å². The lowest BCUT2D eigenvalue weighted by Gasteiger charge is -2.29. The van der Waals surface area contributed by atoms with Gasteiger partial charge in [-0.25, -0.2) is 8.42 Å². The number of nitrogens with zero attached hydrogens (tertiary/aromatic N) is 2. The molecule has 1 unspecified atom stereocenters. The maximum Gasteiger partial charge on any atom is 0.263 e. The van der Waals surface area contributed by atoms with Crippen molar-refractivity contribution in [2.24, 2.45) is 0 Å². The normalized spacial score (nSPS) is 16.6. The Morgan fingerprint density at radius 1 is 1.18 bits per heavy atom. The third-order valence-corrected chi connectivity index (χ3v) is 7.68. The summed E-state index contributed by atoms with van der Waals surface area (Å²) < 4.78 is 27.0. The highest BCUT2D eigenvalue weighted by atomic mass is 32.2. The molecule has 1 atom stereocenters. The molecule has 1 aliphatic rings. The second-order valence-corrected chi connectivity index (χ2v) is 10.0. The Kier molecular flexibility index (Phi) is 7.23. The predicted molar refractivity (Wildman–Crippen MR) is 113 cm³/mol. The fraction of sp³-hybridized carbons (Fsp3) is 0.450. The lowest BCUT2D eigenvalue weighted by atomic mass is 10.0. The molecule has 0 radical (unpaired) electrons. The van der Waals surface area contributed by atoms with Crippen LogP contribution in [0.4, 0.5) is 0 Å². The van der Waals surface area contributed by atoms with E-state index in [0.717, 1.165) is 5.56 Å². The van der Waals surface area contributed by atoms with Gasteiger partial charge in [0.05, 0.1) is 10.6 Å². The van der Waals surface area contributed by atoms with Crippen molar-refractivity contribution in [3.05, 3.63) is 58.3 Å². The minimum Gasteiger partial charge on any atom is -0.336 e. The minimum atomic E-state index is -3.38. The molecule has 8 heteroatoms. The Labute approximate surface area is 171 Å². The topological polar surface area (TPSA) is 69.7 Å². The van der Waals surface area contributed by atoms with E-state index < -0.39 is 10.0 Å². The Hall–Kier alpha value is -1.74. The number of thiophene rings is 1. The van der Waals surface area contributed by atoms with Crippen molar-refractivity contribution in [3.63, 3.8) is 0 Å². The lowest BCUT2D eigenvalue weighted by molar-refractivity contribution is 0.0762. The van der Waals surface area contributed by atoms with Crippen molar-refractivity contribution in [2.75, 3.05) is 45.0 Å². The number of hydrogen-bond acceptors (Lipinski definition) is 5. The van der Waals surface area contributed by atoms with Gasteiger partial charge in [-0.05, 0) is 22.9 Å². The third kappa shape index (κ3) is 5.41. The van der Waals surface area contributed by atoms with Gasteiger partial charge in [-0.3, -0.25) is 4.79 Å². The van der Waals surface area contributed by atoms with E-state index in [-0.39, 0.29) is 24.1 Å². The van der Waals surface area contributed by atoms with Crippen molar-refractivity contribution in [2.45, 2.75) is 12.8 Å². The zero-order valence-electron chi connectivity index (χ0n) is 16.1. The SMILES string of the molecule is CC(CN(CCS(=O)(=O)N1CCNCC1)C(=O)c1cccs1)c1ccccc1. The van der Waals surface area contributed by atoms with Crippen LogP contribution in [-0.2, 0) is 10.0 Å². The number of sulfonamides is 1. The highest BCUT2D eigenvalue weighted by Crippen LogP contribution is 2.19. The molecule has 1 fully saturated rings. The van der Waals surface area contributed by atoms with E-state index in [4.69, 9.17) is 0 Å². The molecule has 0 bridgehead atoms. The summed E-state index contributed by atoms with van der Waals surface area (Å²) in [5.74, 6) is -0.0358. The fourth-order valence-electron chi connectivity index (χ4n) is 3.33. The van der Waals surface area contributed by atoms with Crippen LogP contribution in [0.1, 0.15) is 28.1 Å². The van der Waals surface area contributed by atoms with Gasteiger partial charge < -0.3 is 10.2 Å². The van der Waals surface area contributed by atoms with Crippen molar-refractivity contribution >= 4 is 27.3 Å². The Balaban J connectivity index is 1.71. The molecule has 2 aromatic rings. The maximum atomic E-state index is 13.0. The van der Waals surface area contributed by atoms with E-state index in [0.29, 0.717) is 37.6 Å². The van der Waals surface area contributed by atoms with E-state index in [1.54, 1.807) is 11.0 Å². The van der Waals surface area contributed by atoms with Gasteiger partial charge in [0.25, 0.3) is 5.91 Å². The molecule has 1 aromatic heterocycles. The number of hydrogen-bond donors (Lipinski definition) is 1. The van der Waals surface area contributed by atoms with E-state index in [1.165, 1.54) is 15.6 Å². The summed E-state index contributed by atoms with van der Waals surface area (Å²) >= 11 is 1.38. The van der Waals surface area contributed by atoms with Gasteiger partial charge in [-0.2, -0.15) is 4.31 Å². The third-order valence-electron chi connectivity index (χ3n) is 4.97. The van der Waals surface area contributed by atoms with Crippen LogP contribution in [0.3, 0.4) is 0 Å². The van der Waals surface area contributed by atoms with Crippen LogP contribution < -0.4 is 5.32 Å². The molecule has 0 spiro atoms. The smallest absolute Gasteiger partial charge is 0.263 e. The standard InChI is InChI=1S/C20H27N3O3S2/c1-17(18-6-3-2-4-7-18)16-22(20(24)19-8-5-14-27-19)13-15-28(25,26)23-11-9-21-10-12-23/h2-8,14,17,21H,9-13,15-16H2,1H3. The van der Waals surface area contributed by atoms with Gasteiger partial charge in [-0.15, -0.1) is 11.3 Å². The number of carbonyl (C=O) groups excluding carboxylic acids is 1. The molecule has 6 nitrogen and oxygen atoms in total. The predicted octanol–water partition coefficient (Wildman–Crippen LogP) is 2.23. The van der Waals surface area contributed by atoms with Crippen LogP contribution >= 0.6 is 11.3 Å². The van der Waals surface area contributed by atoms with Crippen LogP contribution in [0.15, 0.2) is 47.8 Å². The van der Waals surface area contributed by atoms with Gasteiger partial charge >= 0.3 is 0 Å². The summed E-state index contributed by atoms with van der Waals surface area (Å²) in [6.07, 6.45) is 0. The number of rotatable bonds is 8. The second-order valence-electron chi connectivity index (χ2n) is 7.01. The van der Waals surface area contributed by atoms with Crippen molar-refractivity contribution in [3.8, 4) is 0 Å². The molecular weight excluding hydrogens is 394 g/mol.